The Bertz CT molecular complexity index is 355. The van der Waals surface area contributed by atoms with Gasteiger partial charge in [0.1, 0.15) is 11.5 Å². The summed E-state index contributed by atoms with van der Waals surface area (Å²) < 4.78 is 15.7. The lowest BCUT2D eigenvalue weighted by atomic mass is 10.1. The first-order valence-corrected chi connectivity index (χ1v) is 5.31. The fourth-order valence-electron chi connectivity index (χ4n) is 1.66. The van der Waals surface area contributed by atoms with E-state index in [1.54, 1.807) is 21.3 Å². The van der Waals surface area contributed by atoms with Crippen LogP contribution in [0, 0.1) is 0 Å². The summed E-state index contributed by atoms with van der Waals surface area (Å²) in [7, 11) is 4.90. The highest BCUT2D eigenvalue weighted by Gasteiger charge is 2.11. The normalized spacial score (nSPS) is 10.4. The zero-order valence-electron chi connectivity index (χ0n) is 10.5. The molecule has 2 N–H and O–H groups in total. The van der Waals surface area contributed by atoms with Crippen LogP contribution < -0.4 is 15.4 Å². The van der Waals surface area contributed by atoms with Crippen molar-refractivity contribution < 1.29 is 19.0 Å². The van der Waals surface area contributed by atoms with Crippen molar-refractivity contribution in [2.24, 2.45) is 5.90 Å². The van der Waals surface area contributed by atoms with E-state index in [9.17, 15) is 0 Å². The molecule has 0 saturated heterocycles. The summed E-state index contributed by atoms with van der Waals surface area (Å²) in [6.07, 6.45) is 0.670. The maximum atomic E-state index is 5.32. The molecular weight excluding hydrogens is 222 g/mol. The van der Waals surface area contributed by atoms with Crippen molar-refractivity contribution in [1.82, 2.24) is 0 Å². The Balaban J connectivity index is 3.04. The molecule has 1 aromatic rings. The van der Waals surface area contributed by atoms with Gasteiger partial charge in [-0.1, -0.05) is 0 Å². The average Bonchev–Trinajstić information content (AvgIpc) is 2.36. The summed E-state index contributed by atoms with van der Waals surface area (Å²) in [5.74, 6) is 6.59. The molecule has 0 heterocycles. The molecule has 0 saturated carbocycles. The SMILES string of the molecule is COCc1cc(OC)c(CCON)cc1OC. The van der Waals surface area contributed by atoms with E-state index in [2.05, 4.69) is 4.84 Å². The molecule has 0 bridgehead atoms. The van der Waals surface area contributed by atoms with Crippen LogP contribution >= 0.6 is 0 Å². The second-order valence-corrected chi connectivity index (χ2v) is 3.53. The van der Waals surface area contributed by atoms with Gasteiger partial charge in [0.25, 0.3) is 0 Å². The van der Waals surface area contributed by atoms with Crippen LogP contribution in [0.5, 0.6) is 11.5 Å². The zero-order valence-corrected chi connectivity index (χ0v) is 10.5. The summed E-state index contributed by atoms with van der Waals surface area (Å²) in [6.45, 7) is 0.913. The van der Waals surface area contributed by atoms with Gasteiger partial charge in [0, 0.05) is 24.7 Å². The molecule has 0 fully saturated rings. The van der Waals surface area contributed by atoms with Gasteiger partial charge in [-0.3, -0.25) is 0 Å². The molecule has 0 atom stereocenters. The van der Waals surface area contributed by atoms with E-state index in [0.717, 1.165) is 22.6 Å². The number of ether oxygens (including phenoxy) is 3. The van der Waals surface area contributed by atoms with Crippen molar-refractivity contribution in [1.29, 1.82) is 0 Å². The largest absolute Gasteiger partial charge is 0.496 e. The van der Waals surface area contributed by atoms with E-state index in [0.29, 0.717) is 19.6 Å². The van der Waals surface area contributed by atoms with Crippen LogP contribution in [0.3, 0.4) is 0 Å². The molecule has 0 spiro atoms. The molecule has 96 valence electrons. The molecule has 1 rings (SSSR count). The molecule has 0 amide bonds. The van der Waals surface area contributed by atoms with Crippen molar-refractivity contribution in [3.63, 3.8) is 0 Å². The molecule has 5 heteroatoms. The van der Waals surface area contributed by atoms with E-state index in [-0.39, 0.29) is 0 Å². The number of rotatable bonds is 7. The maximum Gasteiger partial charge on any atom is 0.124 e. The third kappa shape index (κ3) is 3.59. The predicted octanol–water partition coefficient (Wildman–Crippen LogP) is 1.28. The summed E-state index contributed by atoms with van der Waals surface area (Å²) >= 11 is 0. The lowest BCUT2D eigenvalue weighted by Gasteiger charge is -2.14. The first kappa shape index (κ1) is 13.8. The van der Waals surface area contributed by atoms with Crippen LogP contribution in [0.25, 0.3) is 0 Å². The highest BCUT2D eigenvalue weighted by molar-refractivity contribution is 5.46. The molecule has 17 heavy (non-hydrogen) atoms. The van der Waals surface area contributed by atoms with Gasteiger partial charge in [0.05, 0.1) is 27.4 Å². The van der Waals surface area contributed by atoms with Crippen LogP contribution in [-0.4, -0.2) is 27.9 Å². The Morgan fingerprint density at radius 2 is 1.59 bits per heavy atom. The van der Waals surface area contributed by atoms with Crippen LogP contribution in [0.4, 0.5) is 0 Å². The highest BCUT2D eigenvalue weighted by atomic mass is 16.6. The van der Waals surface area contributed by atoms with Crippen LogP contribution in [-0.2, 0) is 22.6 Å². The minimum Gasteiger partial charge on any atom is -0.496 e. The third-order valence-corrected chi connectivity index (χ3v) is 2.47. The molecule has 0 aliphatic carbocycles. The van der Waals surface area contributed by atoms with E-state index in [1.165, 1.54) is 0 Å². The molecule has 0 aromatic heterocycles. The van der Waals surface area contributed by atoms with Gasteiger partial charge < -0.3 is 19.0 Å². The summed E-state index contributed by atoms with van der Waals surface area (Å²) in [4.78, 5) is 4.58. The fraction of sp³-hybridized carbons (Fsp3) is 0.500. The molecular formula is C12H19NO4. The predicted molar refractivity (Wildman–Crippen MR) is 64.1 cm³/mol. The van der Waals surface area contributed by atoms with Gasteiger partial charge in [-0.15, -0.1) is 0 Å². The summed E-state index contributed by atoms with van der Waals surface area (Å²) in [5, 5.41) is 0. The van der Waals surface area contributed by atoms with Crippen molar-refractivity contribution in [3.05, 3.63) is 23.3 Å². The van der Waals surface area contributed by atoms with Crippen molar-refractivity contribution >= 4 is 0 Å². The molecule has 0 unspecified atom stereocenters. The van der Waals surface area contributed by atoms with Gasteiger partial charge >= 0.3 is 0 Å². The Morgan fingerprint density at radius 3 is 2.12 bits per heavy atom. The Labute approximate surface area is 101 Å². The van der Waals surface area contributed by atoms with Crippen molar-refractivity contribution in [3.8, 4) is 11.5 Å². The first-order chi connectivity index (χ1) is 8.26. The Morgan fingerprint density at radius 1 is 1.00 bits per heavy atom. The average molecular weight is 241 g/mol. The second kappa shape index (κ2) is 7.11. The van der Waals surface area contributed by atoms with E-state index in [4.69, 9.17) is 20.1 Å². The van der Waals surface area contributed by atoms with Gasteiger partial charge in [-0.05, 0) is 12.1 Å². The monoisotopic (exact) mass is 241 g/mol. The van der Waals surface area contributed by atoms with Gasteiger partial charge in [-0.2, -0.15) is 0 Å². The number of methoxy groups -OCH3 is 3. The van der Waals surface area contributed by atoms with Crippen molar-refractivity contribution in [2.75, 3.05) is 27.9 Å². The minimum absolute atomic E-state index is 0.434. The zero-order chi connectivity index (χ0) is 12.7. The van der Waals surface area contributed by atoms with E-state index >= 15 is 0 Å². The van der Waals surface area contributed by atoms with Gasteiger partial charge in [-0.25, -0.2) is 5.90 Å². The lowest BCUT2D eigenvalue weighted by molar-refractivity contribution is 0.140. The highest BCUT2D eigenvalue weighted by Crippen LogP contribution is 2.29. The Hall–Kier alpha value is -1.30. The number of hydrogen-bond acceptors (Lipinski definition) is 5. The summed E-state index contributed by atoms with van der Waals surface area (Å²) in [6, 6.07) is 3.83. The Kier molecular flexibility index (Phi) is 5.76. The van der Waals surface area contributed by atoms with Crippen LogP contribution in [0.2, 0.25) is 0 Å². The summed E-state index contributed by atoms with van der Waals surface area (Å²) in [5.41, 5.74) is 1.94. The molecule has 1 aromatic carbocycles. The van der Waals surface area contributed by atoms with Gasteiger partial charge in [0.15, 0.2) is 0 Å². The van der Waals surface area contributed by atoms with Crippen molar-refractivity contribution in [2.45, 2.75) is 13.0 Å². The first-order valence-electron chi connectivity index (χ1n) is 5.31. The standard InChI is InChI=1S/C12H19NO4/c1-14-8-10-7-11(15-2)9(4-5-17-13)6-12(10)16-3/h6-7H,4-5,8,13H2,1-3H3. The van der Waals surface area contributed by atoms with Crippen LogP contribution in [0.1, 0.15) is 11.1 Å². The maximum absolute atomic E-state index is 5.32. The molecule has 0 aliphatic rings. The molecule has 0 radical (unpaired) electrons. The number of hydrogen-bond donors (Lipinski definition) is 1. The number of nitrogens with two attached hydrogens (primary N) is 1. The van der Waals surface area contributed by atoms with E-state index < -0.39 is 0 Å². The van der Waals surface area contributed by atoms with Crippen LogP contribution in [0.15, 0.2) is 12.1 Å². The molecule has 0 aliphatic heterocycles. The fourth-order valence-corrected chi connectivity index (χ4v) is 1.66. The molecule has 5 nitrogen and oxygen atoms in total. The lowest BCUT2D eigenvalue weighted by Crippen LogP contribution is -2.06. The van der Waals surface area contributed by atoms with Gasteiger partial charge in [0.2, 0.25) is 0 Å². The topological polar surface area (TPSA) is 62.9 Å². The third-order valence-electron chi connectivity index (χ3n) is 2.47. The second-order valence-electron chi connectivity index (χ2n) is 3.53. The number of benzene rings is 1. The quantitative estimate of drug-likeness (QED) is 0.729. The smallest absolute Gasteiger partial charge is 0.124 e. The minimum atomic E-state index is 0.434. The van der Waals surface area contributed by atoms with E-state index in [1.807, 2.05) is 12.1 Å².